The number of carbonyl (C=O) groups is 6. The first-order chi connectivity index (χ1) is 26.6. The average Bonchev–Trinajstić information content (AvgIpc) is 3.47. The lowest BCUT2D eigenvalue weighted by molar-refractivity contribution is -0.485. The SMILES string of the molecule is COC(=O)C[C@@H]1[C@@](C)([C@H](OC(C)=O)c2ccoc2)CC[C@@]23OC4(C)OC56C[C@@](C)(C(OC(=O)[C@@]7(C)O[C@@H]7C)C5(OC(C)=O)C(OC(C)=O)[C@@]12O4)[C@@H]1CC(=O)OC[C@@]163. The predicted octanol–water partition coefficient (Wildman–Crippen LogP) is 3.14. The van der Waals surface area contributed by atoms with Crippen LogP contribution in [0.25, 0.3) is 0 Å². The number of fused-ring (bicyclic) bond motifs is 3. The van der Waals surface area contributed by atoms with E-state index in [9.17, 15) is 28.8 Å². The Balaban J connectivity index is 1.40. The molecule has 1 aromatic rings. The molecule has 8 fully saturated rings. The molecule has 310 valence electrons. The molecule has 8 aliphatic rings. The molecule has 0 radical (unpaired) electrons. The van der Waals surface area contributed by atoms with Gasteiger partial charge >= 0.3 is 35.8 Å². The Kier molecular flexibility index (Phi) is 7.66. The van der Waals surface area contributed by atoms with Crippen LogP contribution in [0.2, 0.25) is 0 Å². The fourth-order valence-corrected chi connectivity index (χ4v) is 13.6. The number of hydrogen-bond acceptors (Lipinski definition) is 17. The van der Waals surface area contributed by atoms with Crippen LogP contribution in [-0.4, -0.2) is 102 Å². The summed E-state index contributed by atoms with van der Waals surface area (Å²) in [5, 5.41) is 0. The maximum Gasteiger partial charge on any atom is 0.341 e. The third-order valence-corrected chi connectivity index (χ3v) is 15.4. The van der Waals surface area contributed by atoms with Crippen LogP contribution < -0.4 is 0 Å². The average molecular weight is 801 g/mol. The van der Waals surface area contributed by atoms with E-state index in [-0.39, 0.29) is 32.3 Å². The van der Waals surface area contributed by atoms with Gasteiger partial charge in [0, 0.05) is 56.4 Å². The third kappa shape index (κ3) is 4.18. The highest BCUT2D eigenvalue weighted by Crippen LogP contribution is 2.90. The monoisotopic (exact) mass is 800 g/mol. The van der Waals surface area contributed by atoms with Gasteiger partial charge in [-0.2, -0.15) is 0 Å². The number of hydrogen-bond donors (Lipinski definition) is 0. The first-order valence-electron chi connectivity index (χ1n) is 19.4. The van der Waals surface area contributed by atoms with E-state index < -0.39 is 129 Å². The lowest BCUT2D eigenvalue weighted by atomic mass is 9.33. The Morgan fingerprint density at radius 2 is 1.61 bits per heavy atom. The molecule has 4 aliphatic heterocycles. The lowest BCUT2D eigenvalue weighted by Crippen LogP contribution is -2.95. The van der Waals surface area contributed by atoms with Gasteiger partial charge in [-0.25, -0.2) is 4.79 Å². The van der Waals surface area contributed by atoms with E-state index in [0.29, 0.717) is 5.56 Å². The molecular formula is C40H48O17. The summed E-state index contributed by atoms with van der Waals surface area (Å²) >= 11 is 0. The summed E-state index contributed by atoms with van der Waals surface area (Å²) in [7, 11) is 1.22. The fraction of sp³-hybridized carbons (Fsp3) is 0.750. The first kappa shape index (κ1) is 38.5. The van der Waals surface area contributed by atoms with Crippen molar-refractivity contribution in [3.63, 3.8) is 0 Å². The van der Waals surface area contributed by atoms with Crippen LogP contribution in [-0.2, 0) is 76.1 Å². The molecule has 4 saturated carbocycles. The molecule has 5 unspecified atom stereocenters. The number of cyclic esters (lactones) is 1. The van der Waals surface area contributed by atoms with E-state index in [2.05, 4.69) is 0 Å². The Labute approximate surface area is 327 Å². The molecule has 5 heterocycles. The zero-order chi connectivity index (χ0) is 41.1. The van der Waals surface area contributed by atoms with Crippen molar-refractivity contribution in [1.82, 2.24) is 0 Å². The molecule has 4 saturated heterocycles. The Hall–Kier alpha value is -4.06. The van der Waals surface area contributed by atoms with Crippen LogP contribution in [0.15, 0.2) is 23.0 Å². The number of furan rings is 1. The summed E-state index contributed by atoms with van der Waals surface area (Å²) in [5.41, 5.74) is -12.5. The minimum atomic E-state index is -2.23. The maximum absolute atomic E-state index is 14.3. The van der Waals surface area contributed by atoms with Gasteiger partial charge in [0.25, 0.3) is 5.97 Å². The molecule has 3 spiro atoms. The van der Waals surface area contributed by atoms with Crippen LogP contribution in [0, 0.1) is 28.1 Å². The Morgan fingerprint density at radius 1 is 0.912 bits per heavy atom. The molecule has 57 heavy (non-hydrogen) atoms. The van der Waals surface area contributed by atoms with Gasteiger partial charge in [-0.05, 0) is 45.1 Å². The number of esters is 6. The second-order valence-corrected chi connectivity index (χ2v) is 18.1. The summed E-state index contributed by atoms with van der Waals surface area (Å²) in [6, 6.07) is 1.64. The molecule has 17 nitrogen and oxygen atoms in total. The number of epoxide rings is 1. The van der Waals surface area contributed by atoms with Crippen molar-refractivity contribution in [2.75, 3.05) is 13.7 Å². The van der Waals surface area contributed by atoms with E-state index in [4.69, 9.17) is 51.8 Å². The molecule has 4 bridgehead atoms. The van der Waals surface area contributed by atoms with Crippen molar-refractivity contribution in [3.8, 4) is 0 Å². The minimum absolute atomic E-state index is 0.0294. The van der Waals surface area contributed by atoms with Gasteiger partial charge in [0.2, 0.25) is 5.60 Å². The van der Waals surface area contributed by atoms with E-state index in [1.54, 1.807) is 26.8 Å². The van der Waals surface area contributed by atoms with Crippen molar-refractivity contribution in [2.24, 2.45) is 28.1 Å². The topological polar surface area (TPSA) is 211 Å². The Morgan fingerprint density at radius 3 is 2.21 bits per heavy atom. The van der Waals surface area contributed by atoms with E-state index in [1.165, 1.54) is 40.4 Å². The van der Waals surface area contributed by atoms with Gasteiger partial charge in [-0.1, -0.05) is 13.8 Å². The first-order valence-corrected chi connectivity index (χ1v) is 19.4. The molecule has 1 aromatic heterocycles. The van der Waals surface area contributed by atoms with Crippen LogP contribution in [0.5, 0.6) is 0 Å². The molecule has 0 N–H and O–H groups in total. The van der Waals surface area contributed by atoms with Crippen molar-refractivity contribution in [3.05, 3.63) is 24.2 Å². The third-order valence-electron chi connectivity index (χ3n) is 15.4. The molecule has 4 aliphatic carbocycles. The van der Waals surface area contributed by atoms with Gasteiger partial charge in [0.1, 0.15) is 29.5 Å². The van der Waals surface area contributed by atoms with Crippen LogP contribution >= 0.6 is 0 Å². The van der Waals surface area contributed by atoms with E-state index in [1.807, 2.05) is 13.8 Å². The molecule has 0 amide bonds. The van der Waals surface area contributed by atoms with Crippen LogP contribution in [0.4, 0.5) is 0 Å². The van der Waals surface area contributed by atoms with Gasteiger partial charge in [-0.15, -0.1) is 0 Å². The fourth-order valence-electron chi connectivity index (χ4n) is 13.6. The second-order valence-electron chi connectivity index (χ2n) is 18.1. The van der Waals surface area contributed by atoms with Crippen molar-refractivity contribution in [1.29, 1.82) is 0 Å². The minimum Gasteiger partial charge on any atom is -0.472 e. The smallest absolute Gasteiger partial charge is 0.341 e. The normalized spacial score (nSPS) is 49.5. The van der Waals surface area contributed by atoms with Crippen molar-refractivity contribution < 1.29 is 80.6 Å². The van der Waals surface area contributed by atoms with Gasteiger partial charge in [0.05, 0.1) is 37.6 Å². The summed E-state index contributed by atoms with van der Waals surface area (Å²) in [6.07, 6.45) is -2.21. The highest BCUT2D eigenvalue weighted by Gasteiger charge is 3.06. The van der Waals surface area contributed by atoms with Crippen molar-refractivity contribution in [2.45, 2.75) is 146 Å². The lowest BCUT2D eigenvalue weighted by Gasteiger charge is -2.77. The summed E-state index contributed by atoms with van der Waals surface area (Å²) < 4.78 is 70.2. The highest BCUT2D eigenvalue weighted by atomic mass is 16.9. The zero-order valence-electron chi connectivity index (χ0n) is 33.4. The molecule has 17 heteroatoms. The summed E-state index contributed by atoms with van der Waals surface area (Å²) in [5.74, 6) is -8.18. The predicted molar refractivity (Wildman–Crippen MR) is 184 cm³/mol. The quantitative estimate of drug-likeness (QED) is 0.199. The number of rotatable bonds is 9. The van der Waals surface area contributed by atoms with Crippen LogP contribution in [0.1, 0.15) is 99.2 Å². The number of ether oxygens (including phenoxy) is 10. The van der Waals surface area contributed by atoms with Gasteiger partial charge in [0.15, 0.2) is 17.8 Å². The second kappa shape index (κ2) is 11.4. The highest BCUT2D eigenvalue weighted by molar-refractivity contribution is 5.83. The van der Waals surface area contributed by atoms with E-state index >= 15 is 0 Å². The summed E-state index contributed by atoms with van der Waals surface area (Å²) in [4.78, 5) is 82.4. The van der Waals surface area contributed by atoms with Gasteiger partial charge in [-0.3, -0.25) is 24.0 Å². The zero-order valence-corrected chi connectivity index (χ0v) is 33.4. The van der Waals surface area contributed by atoms with Crippen LogP contribution in [0.3, 0.4) is 0 Å². The molecule has 15 atom stereocenters. The molecule has 0 aromatic carbocycles. The standard InChI is InChI=1S/C40H48O17/c1-19-34(7,53-19)31(46)52-29-33(6)17-38-36(18-49-27(45)14-24(33)36)37-12-11-32(5,28(50-20(2)41)23-10-13-48-16-23)25(15-26(44)47-9)39(37,57-35(8,55-37)56-38)30(51-21(3)42)40(29,38)54-22(4)43/h10,13,16,19,24-25,28-30H,11-12,14-15,17-18H2,1-9H3/t19-,24+,25-,28-,29?,30?,32+,33-,34+,35?,36+,37+,38?,39+,40?/m1/s1. The Bertz CT molecular complexity index is 2000. The van der Waals surface area contributed by atoms with E-state index in [0.717, 1.165) is 0 Å². The molecular weight excluding hydrogens is 752 g/mol. The van der Waals surface area contributed by atoms with Gasteiger partial charge < -0.3 is 51.8 Å². The number of methoxy groups -OCH3 is 1. The summed E-state index contributed by atoms with van der Waals surface area (Å²) in [6.45, 7) is 11.8. The number of carbonyl (C=O) groups excluding carboxylic acids is 6. The van der Waals surface area contributed by atoms with Crippen molar-refractivity contribution >= 4 is 35.8 Å². The molecule has 9 rings (SSSR count). The largest absolute Gasteiger partial charge is 0.472 e. The maximum atomic E-state index is 14.3.